The van der Waals surface area contributed by atoms with Crippen LogP contribution in [-0.2, 0) is 0 Å². The van der Waals surface area contributed by atoms with Crippen molar-refractivity contribution in [1.82, 2.24) is 10.5 Å². The molecule has 0 bridgehead atoms. The van der Waals surface area contributed by atoms with Crippen molar-refractivity contribution in [2.75, 3.05) is 0 Å². The van der Waals surface area contributed by atoms with Crippen LogP contribution in [0.3, 0.4) is 0 Å². The Hall–Kier alpha value is -2.54. The van der Waals surface area contributed by atoms with Gasteiger partial charge in [-0.1, -0.05) is 20.8 Å². The van der Waals surface area contributed by atoms with Crippen LogP contribution in [0.5, 0.6) is 11.6 Å². The highest BCUT2D eigenvalue weighted by Crippen LogP contribution is 2.40. The average Bonchev–Trinajstić information content (AvgIpc) is 2.62. The zero-order valence-corrected chi connectivity index (χ0v) is 17.2. The van der Waals surface area contributed by atoms with Crippen LogP contribution in [0.2, 0.25) is 0 Å². The lowest BCUT2D eigenvalue weighted by Gasteiger charge is -2.37. The number of aliphatic imine (C=N–C) groups is 1. The fourth-order valence-corrected chi connectivity index (χ4v) is 4.18. The summed E-state index contributed by atoms with van der Waals surface area (Å²) in [7, 11) is 0. The van der Waals surface area contributed by atoms with Crippen LogP contribution < -0.4 is 10.2 Å². The van der Waals surface area contributed by atoms with E-state index in [-0.39, 0.29) is 28.9 Å². The Morgan fingerprint density at radius 1 is 1.21 bits per heavy atom. The lowest BCUT2D eigenvalue weighted by molar-refractivity contribution is 0.169. The molecule has 1 fully saturated rings. The van der Waals surface area contributed by atoms with Crippen LogP contribution >= 0.6 is 0 Å². The molecule has 156 valence electrons. The molecular formula is C22H27F2N3O2. The summed E-state index contributed by atoms with van der Waals surface area (Å²) in [6, 6.07) is 6.81. The van der Waals surface area contributed by atoms with E-state index in [4.69, 9.17) is 9.73 Å². The molecule has 0 aliphatic heterocycles. The third-order valence-corrected chi connectivity index (χ3v) is 5.14. The summed E-state index contributed by atoms with van der Waals surface area (Å²) in [4.78, 5) is 9.09. The number of aryl methyl sites for hydroxylation is 1. The van der Waals surface area contributed by atoms with E-state index in [0.717, 1.165) is 31.4 Å². The van der Waals surface area contributed by atoms with Gasteiger partial charge in [-0.25, -0.2) is 13.8 Å². The molecule has 0 saturated heterocycles. The Morgan fingerprint density at radius 3 is 2.62 bits per heavy atom. The monoisotopic (exact) mass is 403 g/mol. The Kier molecular flexibility index (Phi) is 6.17. The Bertz CT molecular complexity index is 915. The molecule has 3 rings (SSSR count). The first-order valence-electron chi connectivity index (χ1n) is 9.76. The first-order valence-corrected chi connectivity index (χ1v) is 9.76. The Labute approximate surface area is 169 Å². The second kappa shape index (κ2) is 8.45. The highest BCUT2D eigenvalue weighted by atomic mass is 19.2. The number of hydroxylamine groups is 1. The van der Waals surface area contributed by atoms with Gasteiger partial charge >= 0.3 is 0 Å². The van der Waals surface area contributed by atoms with Gasteiger partial charge < -0.3 is 4.74 Å². The van der Waals surface area contributed by atoms with Crippen LogP contribution in [0.15, 0.2) is 35.3 Å². The number of rotatable bonds is 4. The van der Waals surface area contributed by atoms with E-state index in [1.165, 1.54) is 6.07 Å². The molecule has 1 aromatic carbocycles. The zero-order chi connectivity index (χ0) is 21.2. The van der Waals surface area contributed by atoms with Gasteiger partial charge in [0.2, 0.25) is 5.88 Å². The van der Waals surface area contributed by atoms with Crippen molar-refractivity contribution in [1.29, 1.82) is 0 Å². The summed E-state index contributed by atoms with van der Waals surface area (Å²) >= 11 is 0. The number of benzene rings is 1. The number of pyridine rings is 1. The summed E-state index contributed by atoms with van der Waals surface area (Å²) < 4.78 is 32.5. The van der Waals surface area contributed by atoms with Gasteiger partial charge in [-0.15, -0.1) is 0 Å². The largest absolute Gasteiger partial charge is 0.438 e. The number of hydrogen-bond acceptors (Lipinski definition) is 4. The van der Waals surface area contributed by atoms with Gasteiger partial charge in [-0.05, 0) is 61.8 Å². The van der Waals surface area contributed by atoms with Gasteiger partial charge in [0.05, 0.1) is 11.6 Å². The number of aromatic nitrogens is 1. The van der Waals surface area contributed by atoms with E-state index < -0.39 is 11.6 Å². The van der Waals surface area contributed by atoms with Gasteiger partial charge in [0.15, 0.2) is 17.5 Å². The second-order valence-corrected chi connectivity index (χ2v) is 8.64. The molecule has 0 spiro atoms. The standard InChI is InChI=1S/C22H27F2N3O2/c1-13-9-15(12-22(3,4)11-13)26-20(27-28)17-7-5-14(2)25-21(17)29-16-6-8-18(23)19(24)10-16/h5-8,10,13,15,28H,9,11-12H2,1-4H3,(H,26,27). The molecule has 1 aliphatic carbocycles. The van der Waals surface area contributed by atoms with Gasteiger partial charge in [0, 0.05) is 11.8 Å². The Balaban J connectivity index is 1.94. The molecule has 1 heterocycles. The van der Waals surface area contributed by atoms with E-state index in [1.54, 1.807) is 19.1 Å². The minimum atomic E-state index is -1.01. The predicted octanol–water partition coefficient (Wildman–Crippen LogP) is 5.40. The SMILES string of the molecule is Cc1ccc(C(=NC2CC(C)CC(C)(C)C2)NO)c(Oc2ccc(F)c(F)c2)n1. The van der Waals surface area contributed by atoms with Crippen molar-refractivity contribution in [2.45, 2.75) is 53.0 Å². The molecule has 2 atom stereocenters. The summed E-state index contributed by atoms with van der Waals surface area (Å²) in [6.45, 7) is 8.45. The predicted molar refractivity (Wildman–Crippen MR) is 107 cm³/mol. The maximum Gasteiger partial charge on any atom is 0.230 e. The maximum absolute atomic E-state index is 13.6. The quantitative estimate of drug-likeness (QED) is 0.407. The summed E-state index contributed by atoms with van der Waals surface area (Å²) in [5, 5.41) is 9.77. The highest BCUT2D eigenvalue weighted by molar-refractivity contribution is 6.00. The topological polar surface area (TPSA) is 66.7 Å². The van der Waals surface area contributed by atoms with Crippen LogP contribution in [0.25, 0.3) is 0 Å². The second-order valence-electron chi connectivity index (χ2n) is 8.64. The molecule has 0 radical (unpaired) electrons. The first kappa shape index (κ1) is 21.2. The summed E-state index contributed by atoms with van der Waals surface area (Å²) in [6.07, 6.45) is 2.96. The van der Waals surface area contributed by atoms with Crippen molar-refractivity contribution in [3.05, 3.63) is 53.2 Å². The van der Waals surface area contributed by atoms with E-state index in [9.17, 15) is 14.0 Å². The van der Waals surface area contributed by atoms with E-state index in [1.807, 2.05) is 0 Å². The average molecular weight is 403 g/mol. The lowest BCUT2D eigenvalue weighted by Crippen LogP contribution is -2.32. The molecule has 29 heavy (non-hydrogen) atoms. The van der Waals surface area contributed by atoms with Crippen LogP contribution in [-0.4, -0.2) is 22.1 Å². The highest BCUT2D eigenvalue weighted by Gasteiger charge is 2.32. The third kappa shape index (κ3) is 5.29. The fraction of sp³-hybridized carbons (Fsp3) is 0.455. The van der Waals surface area contributed by atoms with Crippen molar-refractivity contribution in [3.63, 3.8) is 0 Å². The zero-order valence-electron chi connectivity index (χ0n) is 17.2. The molecule has 0 amide bonds. The van der Waals surface area contributed by atoms with Crippen molar-refractivity contribution < 1.29 is 18.7 Å². The van der Waals surface area contributed by atoms with Crippen molar-refractivity contribution in [3.8, 4) is 11.6 Å². The number of nitrogens with one attached hydrogen (secondary N) is 1. The van der Waals surface area contributed by atoms with Gasteiger partial charge in [-0.2, -0.15) is 0 Å². The van der Waals surface area contributed by atoms with E-state index in [0.29, 0.717) is 17.2 Å². The van der Waals surface area contributed by atoms with Crippen molar-refractivity contribution in [2.24, 2.45) is 16.3 Å². The molecule has 5 nitrogen and oxygen atoms in total. The molecule has 2 aromatic rings. The number of amidine groups is 1. The fourth-order valence-electron chi connectivity index (χ4n) is 4.18. The lowest BCUT2D eigenvalue weighted by atomic mass is 9.71. The molecule has 2 N–H and O–H groups in total. The van der Waals surface area contributed by atoms with E-state index in [2.05, 4.69) is 31.2 Å². The van der Waals surface area contributed by atoms with Crippen molar-refractivity contribution >= 4 is 5.84 Å². The third-order valence-electron chi connectivity index (χ3n) is 5.14. The van der Waals surface area contributed by atoms with Crippen LogP contribution in [0, 0.1) is 29.9 Å². The van der Waals surface area contributed by atoms with Gasteiger partial charge in [-0.3, -0.25) is 15.7 Å². The van der Waals surface area contributed by atoms with Gasteiger partial charge in [0.25, 0.3) is 0 Å². The summed E-state index contributed by atoms with van der Waals surface area (Å²) in [5.74, 6) is -0.939. The first-order chi connectivity index (χ1) is 13.7. The molecular weight excluding hydrogens is 376 g/mol. The normalized spacial score (nSPS) is 21.7. The molecule has 2 unspecified atom stereocenters. The maximum atomic E-state index is 13.6. The molecule has 1 saturated carbocycles. The minimum Gasteiger partial charge on any atom is -0.438 e. The van der Waals surface area contributed by atoms with Crippen LogP contribution in [0.1, 0.15) is 51.3 Å². The number of halogens is 2. The number of nitrogens with zero attached hydrogens (tertiary/aromatic N) is 2. The summed E-state index contributed by atoms with van der Waals surface area (Å²) in [5.41, 5.74) is 3.46. The van der Waals surface area contributed by atoms with Crippen LogP contribution in [0.4, 0.5) is 8.78 Å². The van der Waals surface area contributed by atoms with Gasteiger partial charge in [0.1, 0.15) is 5.75 Å². The van der Waals surface area contributed by atoms with E-state index >= 15 is 0 Å². The number of ether oxygens (including phenoxy) is 1. The molecule has 1 aromatic heterocycles. The number of hydrogen-bond donors (Lipinski definition) is 2. The minimum absolute atomic E-state index is 0.0424. The molecule has 7 heteroatoms. The smallest absolute Gasteiger partial charge is 0.230 e. The molecule has 1 aliphatic rings. The Morgan fingerprint density at radius 2 is 1.97 bits per heavy atom.